The molecule has 21 heavy (non-hydrogen) atoms. The van der Waals surface area contributed by atoms with Crippen LogP contribution in [0.15, 0.2) is 73.2 Å². The van der Waals surface area contributed by atoms with Gasteiger partial charge in [-0.1, -0.05) is 43.0 Å². The first-order valence-electron chi connectivity index (χ1n) is 7.31. The van der Waals surface area contributed by atoms with E-state index in [9.17, 15) is 0 Å². The van der Waals surface area contributed by atoms with E-state index in [0.717, 1.165) is 24.1 Å². The van der Waals surface area contributed by atoms with E-state index < -0.39 is 0 Å². The van der Waals surface area contributed by atoms with Crippen LogP contribution >= 0.6 is 0 Å². The van der Waals surface area contributed by atoms with Crippen LogP contribution in [0.4, 0.5) is 0 Å². The van der Waals surface area contributed by atoms with Gasteiger partial charge in [-0.25, -0.2) is 0 Å². The zero-order chi connectivity index (χ0) is 16.3. The molecule has 2 heteroatoms. The molecule has 1 N–H and O–H groups in total. The van der Waals surface area contributed by atoms with Gasteiger partial charge >= 0.3 is 0 Å². The van der Waals surface area contributed by atoms with Gasteiger partial charge in [0.2, 0.25) is 0 Å². The Morgan fingerprint density at radius 3 is 2.33 bits per heavy atom. The van der Waals surface area contributed by atoms with Crippen LogP contribution < -0.4 is 5.32 Å². The fourth-order valence-corrected chi connectivity index (χ4v) is 1.79. The number of hydrogen-bond acceptors (Lipinski definition) is 2. The van der Waals surface area contributed by atoms with Gasteiger partial charge in [-0.2, -0.15) is 0 Å². The molecular formula is C19H30N2. The molecule has 0 saturated carbocycles. The number of nitrogens with one attached hydrogen (secondary N) is 1. The summed E-state index contributed by atoms with van der Waals surface area (Å²) in [5.74, 6) is 0. The minimum atomic E-state index is 0.266. The summed E-state index contributed by atoms with van der Waals surface area (Å²) in [6.45, 7) is 15.7. The standard InChI is InChI=1S/C19H30N2/c1-8-10-11-19(18(5)20-6)21(7)15-14-17(4)13-12-16(3)9-2/h8-9,12-15,19-20H,1-2,5,10-11H2,3-4,6-7H3/b15-14-,16-12+,17-13-. The van der Waals surface area contributed by atoms with Crippen LogP contribution in [0.1, 0.15) is 26.7 Å². The summed E-state index contributed by atoms with van der Waals surface area (Å²) in [5, 5.41) is 3.15. The number of nitrogens with zero attached hydrogens (tertiary/aromatic N) is 1. The molecular weight excluding hydrogens is 256 g/mol. The Morgan fingerprint density at radius 2 is 1.81 bits per heavy atom. The second kappa shape index (κ2) is 10.8. The highest BCUT2D eigenvalue weighted by Gasteiger charge is 2.13. The lowest BCUT2D eigenvalue weighted by molar-refractivity contribution is 0.343. The smallest absolute Gasteiger partial charge is 0.0676 e. The Hall–Kier alpha value is -1.96. The highest BCUT2D eigenvalue weighted by Crippen LogP contribution is 2.13. The van der Waals surface area contributed by atoms with E-state index in [2.05, 4.69) is 68.4 Å². The van der Waals surface area contributed by atoms with E-state index in [1.165, 1.54) is 5.57 Å². The van der Waals surface area contributed by atoms with E-state index in [1.54, 1.807) is 0 Å². The molecule has 0 aromatic heterocycles. The highest BCUT2D eigenvalue weighted by atomic mass is 15.1. The van der Waals surface area contributed by atoms with Gasteiger partial charge in [0.05, 0.1) is 6.04 Å². The first-order chi connectivity index (χ1) is 9.96. The van der Waals surface area contributed by atoms with Crippen molar-refractivity contribution in [3.05, 3.63) is 73.2 Å². The third kappa shape index (κ3) is 8.03. The van der Waals surface area contributed by atoms with Crippen molar-refractivity contribution in [2.75, 3.05) is 14.1 Å². The quantitative estimate of drug-likeness (QED) is 0.467. The molecule has 1 atom stereocenters. The summed E-state index contributed by atoms with van der Waals surface area (Å²) in [4.78, 5) is 2.18. The molecule has 0 fully saturated rings. The molecule has 116 valence electrons. The topological polar surface area (TPSA) is 15.3 Å². The summed E-state index contributed by atoms with van der Waals surface area (Å²) in [6, 6.07) is 0.266. The fraction of sp³-hybridized carbons (Fsp3) is 0.368. The SMILES string of the molecule is C=CCCC(C(=C)NC)N(C)\C=C/C(C)=C\C=C(/C)C=C. The first kappa shape index (κ1) is 19.0. The van der Waals surface area contributed by atoms with Crippen molar-refractivity contribution >= 4 is 0 Å². The summed E-state index contributed by atoms with van der Waals surface area (Å²) in [5.41, 5.74) is 3.37. The van der Waals surface area contributed by atoms with Crippen LogP contribution in [0.25, 0.3) is 0 Å². The number of likely N-dealkylation sites (N-methyl/N-ethyl adjacent to an activating group) is 2. The summed E-state index contributed by atoms with van der Waals surface area (Å²) in [7, 11) is 3.99. The predicted molar refractivity (Wildman–Crippen MR) is 96.0 cm³/mol. The molecule has 0 aromatic rings. The Balaban J connectivity index is 4.83. The van der Waals surface area contributed by atoms with Gasteiger partial charge in [0.25, 0.3) is 0 Å². The molecule has 0 aliphatic heterocycles. The van der Waals surface area contributed by atoms with Crippen LogP contribution in [0.5, 0.6) is 0 Å². The van der Waals surface area contributed by atoms with E-state index in [1.807, 2.05) is 26.1 Å². The van der Waals surface area contributed by atoms with Gasteiger partial charge in [0.1, 0.15) is 0 Å². The summed E-state index contributed by atoms with van der Waals surface area (Å²) >= 11 is 0. The lowest BCUT2D eigenvalue weighted by Crippen LogP contribution is -2.33. The second-order valence-electron chi connectivity index (χ2n) is 5.16. The predicted octanol–water partition coefficient (Wildman–Crippen LogP) is 4.58. The van der Waals surface area contributed by atoms with Crippen molar-refractivity contribution in [3.8, 4) is 0 Å². The maximum absolute atomic E-state index is 4.09. The zero-order valence-electron chi connectivity index (χ0n) is 14.0. The fourth-order valence-electron chi connectivity index (χ4n) is 1.79. The Bertz CT molecular complexity index is 438. The molecule has 0 radical (unpaired) electrons. The van der Waals surface area contributed by atoms with Gasteiger partial charge in [-0.05, 0) is 44.5 Å². The third-order valence-corrected chi connectivity index (χ3v) is 3.36. The van der Waals surface area contributed by atoms with Crippen molar-refractivity contribution in [2.45, 2.75) is 32.7 Å². The molecule has 0 aliphatic carbocycles. The van der Waals surface area contributed by atoms with Gasteiger partial charge < -0.3 is 10.2 Å². The van der Waals surface area contributed by atoms with E-state index in [4.69, 9.17) is 0 Å². The molecule has 0 aliphatic rings. The first-order valence-corrected chi connectivity index (χ1v) is 7.31. The number of allylic oxidation sites excluding steroid dienone is 7. The molecule has 0 spiro atoms. The van der Waals surface area contributed by atoms with Crippen molar-refractivity contribution in [3.63, 3.8) is 0 Å². The van der Waals surface area contributed by atoms with E-state index in [0.29, 0.717) is 0 Å². The Labute approximate surface area is 130 Å². The van der Waals surface area contributed by atoms with Gasteiger partial charge in [-0.15, -0.1) is 6.58 Å². The van der Waals surface area contributed by atoms with Crippen molar-refractivity contribution in [1.29, 1.82) is 0 Å². The third-order valence-electron chi connectivity index (χ3n) is 3.36. The number of rotatable bonds is 10. The maximum Gasteiger partial charge on any atom is 0.0676 e. The largest absolute Gasteiger partial charge is 0.390 e. The molecule has 0 amide bonds. The van der Waals surface area contributed by atoms with Crippen LogP contribution in [0.2, 0.25) is 0 Å². The Kier molecular flexibility index (Phi) is 9.78. The van der Waals surface area contributed by atoms with Crippen molar-refractivity contribution in [2.24, 2.45) is 0 Å². The van der Waals surface area contributed by atoms with E-state index in [-0.39, 0.29) is 6.04 Å². The monoisotopic (exact) mass is 286 g/mol. The minimum Gasteiger partial charge on any atom is -0.390 e. The van der Waals surface area contributed by atoms with Crippen molar-refractivity contribution < 1.29 is 0 Å². The lowest BCUT2D eigenvalue weighted by atomic mass is 10.1. The average molecular weight is 286 g/mol. The van der Waals surface area contributed by atoms with Crippen LogP contribution in [-0.2, 0) is 0 Å². The number of hydrogen-bond donors (Lipinski definition) is 1. The molecule has 0 saturated heterocycles. The normalized spacial score (nSPS) is 13.9. The average Bonchev–Trinajstić information content (AvgIpc) is 2.50. The Morgan fingerprint density at radius 1 is 1.19 bits per heavy atom. The summed E-state index contributed by atoms with van der Waals surface area (Å²) < 4.78 is 0. The van der Waals surface area contributed by atoms with Crippen LogP contribution in [0.3, 0.4) is 0 Å². The van der Waals surface area contributed by atoms with Gasteiger partial charge in [-0.3, -0.25) is 0 Å². The van der Waals surface area contributed by atoms with Gasteiger partial charge in [0.15, 0.2) is 0 Å². The molecule has 0 rings (SSSR count). The van der Waals surface area contributed by atoms with Crippen molar-refractivity contribution in [1.82, 2.24) is 10.2 Å². The summed E-state index contributed by atoms with van der Waals surface area (Å²) in [6.07, 6.45) is 14.1. The maximum atomic E-state index is 4.09. The second-order valence-corrected chi connectivity index (χ2v) is 5.16. The van der Waals surface area contributed by atoms with E-state index >= 15 is 0 Å². The molecule has 2 nitrogen and oxygen atoms in total. The highest BCUT2D eigenvalue weighted by molar-refractivity contribution is 5.27. The van der Waals surface area contributed by atoms with Crippen LogP contribution in [0, 0.1) is 0 Å². The molecule has 0 bridgehead atoms. The molecule has 0 aromatic carbocycles. The minimum absolute atomic E-state index is 0.266. The van der Waals surface area contributed by atoms with Gasteiger partial charge in [0, 0.05) is 19.8 Å². The molecule has 0 heterocycles. The van der Waals surface area contributed by atoms with Crippen LogP contribution in [-0.4, -0.2) is 25.0 Å². The molecule has 1 unspecified atom stereocenters. The lowest BCUT2D eigenvalue weighted by Gasteiger charge is -2.28. The zero-order valence-corrected chi connectivity index (χ0v) is 14.0.